The van der Waals surface area contributed by atoms with E-state index in [1.165, 1.54) is 33.6 Å². The Morgan fingerprint density at radius 1 is 1.04 bits per heavy atom. The van der Waals surface area contributed by atoms with Gasteiger partial charge in [0, 0.05) is 45.7 Å². The van der Waals surface area contributed by atoms with Crippen LogP contribution in [0.15, 0.2) is 24.4 Å². The molecule has 124 valence electrons. The summed E-state index contributed by atoms with van der Waals surface area (Å²) < 4.78 is 26.7. The highest BCUT2D eigenvalue weighted by molar-refractivity contribution is 6.62. The number of hydrogen-bond donors (Lipinski definition) is 0. The van der Waals surface area contributed by atoms with Gasteiger partial charge in [-0.15, -0.1) is 0 Å². The highest BCUT2D eigenvalue weighted by Gasteiger charge is 2.48. The average molecular weight is 339 g/mol. The maximum atomic E-state index is 11.8. The van der Waals surface area contributed by atoms with Crippen molar-refractivity contribution in [3.05, 3.63) is 30.1 Å². The lowest BCUT2D eigenvalue weighted by molar-refractivity contribution is -0.133. The van der Waals surface area contributed by atoms with E-state index in [1.54, 1.807) is 6.92 Å². The van der Waals surface area contributed by atoms with Gasteiger partial charge in [-0.05, 0) is 0 Å². The molecule has 0 aliphatic carbocycles. The molecule has 0 fully saturated rings. The lowest BCUT2D eigenvalue weighted by Gasteiger charge is -2.30. The van der Waals surface area contributed by atoms with Crippen LogP contribution in [-0.4, -0.2) is 47.1 Å². The molecule has 8 nitrogen and oxygen atoms in total. The molecule has 0 spiro atoms. The number of hydrogen-bond acceptors (Lipinski definition) is 8. The predicted octanol–water partition coefficient (Wildman–Crippen LogP) is 0.983. The first-order valence-corrected chi connectivity index (χ1v) is 8.53. The molecule has 0 saturated heterocycles. The molecule has 0 radical (unpaired) electrons. The Morgan fingerprint density at radius 3 is 2.17 bits per heavy atom. The van der Waals surface area contributed by atoms with E-state index in [4.69, 9.17) is 22.8 Å². The second kappa shape index (κ2) is 7.00. The van der Waals surface area contributed by atoms with Crippen molar-refractivity contribution in [2.45, 2.75) is 12.5 Å². The normalized spacial score (nSPS) is 17.4. The fourth-order valence-electron chi connectivity index (χ4n) is 2.30. The third-order valence-electron chi connectivity index (χ3n) is 3.46. The number of carbonyl (C=O) groups is 2. The molecule has 0 amide bonds. The summed E-state index contributed by atoms with van der Waals surface area (Å²) in [5.74, 6) is -1.24. The molecule has 9 heteroatoms. The Kier molecular flexibility index (Phi) is 5.26. The fraction of sp³-hybridized carbons (Fsp3) is 0.357. The molecule has 1 aliphatic heterocycles. The van der Waals surface area contributed by atoms with Gasteiger partial charge in [0.15, 0.2) is 11.5 Å². The van der Waals surface area contributed by atoms with E-state index in [-0.39, 0.29) is 11.5 Å². The summed E-state index contributed by atoms with van der Waals surface area (Å²) in [7, 11) is 1.31. The predicted molar refractivity (Wildman–Crippen MR) is 79.8 cm³/mol. The molecule has 2 rings (SSSR count). The number of aromatic nitrogens is 1. The molecule has 2 heterocycles. The van der Waals surface area contributed by atoms with Gasteiger partial charge in [-0.1, -0.05) is 6.92 Å². The van der Waals surface area contributed by atoms with Gasteiger partial charge in [-0.3, -0.25) is 4.98 Å². The standard InChI is InChI=1S/C14H17NO7Si/c1-9(23(18-2,19-3)20-4)13-14-10(7-8-15-13)21-11(16)5-6-12(17)22-14/h5-9H,1-4H3/b6-5-. The Bertz CT molecular complexity index is 634. The molecule has 1 unspecified atom stereocenters. The van der Waals surface area contributed by atoms with E-state index in [0.29, 0.717) is 5.69 Å². The van der Waals surface area contributed by atoms with Crippen molar-refractivity contribution >= 4 is 20.7 Å². The van der Waals surface area contributed by atoms with Crippen molar-refractivity contribution in [2.75, 3.05) is 21.3 Å². The Balaban J connectivity index is 2.53. The number of nitrogens with zero attached hydrogens (tertiary/aromatic N) is 1. The van der Waals surface area contributed by atoms with Crippen molar-refractivity contribution in [1.29, 1.82) is 0 Å². The van der Waals surface area contributed by atoms with E-state index < -0.39 is 26.3 Å². The summed E-state index contributed by atoms with van der Waals surface area (Å²) in [5, 5.41) is 0. The van der Waals surface area contributed by atoms with Gasteiger partial charge >= 0.3 is 20.7 Å². The minimum Gasteiger partial charge on any atom is -0.419 e. The van der Waals surface area contributed by atoms with Crippen LogP contribution < -0.4 is 9.47 Å². The molecular formula is C14H17NO7Si. The summed E-state index contributed by atoms with van der Waals surface area (Å²) in [4.78, 5) is 27.6. The van der Waals surface area contributed by atoms with Crippen LogP contribution in [0.5, 0.6) is 11.5 Å². The minimum absolute atomic E-state index is 0.0470. The molecule has 0 bridgehead atoms. The van der Waals surface area contributed by atoms with Gasteiger partial charge in [0.1, 0.15) is 0 Å². The second-order valence-electron chi connectivity index (χ2n) is 4.64. The first-order chi connectivity index (χ1) is 11.0. The van der Waals surface area contributed by atoms with Crippen molar-refractivity contribution in [3.63, 3.8) is 0 Å². The maximum absolute atomic E-state index is 11.8. The molecule has 1 aromatic heterocycles. The van der Waals surface area contributed by atoms with E-state index in [2.05, 4.69) is 4.98 Å². The summed E-state index contributed by atoms with van der Waals surface area (Å²) in [5.41, 5.74) is -0.122. The molecular weight excluding hydrogens is 322 g/mol. The summed E-state index contributed by atoms with van der Waals surface area (Å²) in [6, 6.07) is 1.44. The second-order valence-corrected chi connectivity index (χ2v) is 7.93. The molecule has 1 atom stereocenters. The number of pyridine rings is 1. The van der Waals surface area contributed by atoms with Gasteiger partial charge in [-0.2, -0.15) is 0 Å². The van der Waals surface area contributed by atoms with Crippen molar-refractivity contribution in [2.24, 2.45) is 0 Å². The summed E-state index contributed by atoms with van der Waals surface area (Å²) in [6.45, 7) is 1.77. The fourth-order valence-corrected chi connectivity index (χ4v) is 4.40. The summed E-state index contributed by atoms with van der Waals surface area (Å²) in [6.07, 6.45) is 3.42. The molecule has 1 aliphatic rings. The maximum Gasteiger partial charge on any atom is 0.509 e. The zero-order chi connectivity index (χ0) is 17.0. The smallest absolute Gasteiger partial charge is 0.419 e. The molecule has 0 saturated carbocycles. The van der Waals surface area contributed by atoms with E-state index in [1.807, 2.05) is 0 Å². The van der Waals surface area contributed by atoms with Gasteiger partial charge < -0.3 is 22.8 Å². The SMILES string of the molecule is CO[Si](OC)(OC)C(C)c1nccc2c1OC(=O)/C=C\C(=O)O2. The zero-order valence-corrected chi connectivity index (χ0v) is 14.2. The number of fused-ring (bicyclic) bond motifs is 1. The van der Waals surface area contributed by atoms with Crippen LogP contribution >= 0.6 is 0 Å². The van der Waals surface area contributed by atoms with Gasteiger partial charge in [0.25, 0.3) is 0 Å². The highest BCUT2D eigenvalue weighted by Crippen LogP contribution is 2.39. The number of carbonyl (C=O) groups excluding carboxylic acids is 2. The Morgan fingerprint density at radius 2 is 1.61 bits per heavy atom. The average Bonchev–Trinajstić information content (AvgIpc) is 2.55. The topological polar surface area (TPSA) is 93.2 Å². The lowest BCUT2D eigenvalue weighted by atomic mass is 10.2. The van der Waals surface area contributed by atoms with Gasteiger partial charge in [0.2, 0.25) is 0 Å². The largest absolute Gasteiger partial charge is 0.509 e. The van der Waals surface area contributed by atoms with Crippen LogP contribution in [0.3, 0.4) is 0 Å². The summed E-state index contributed by atoms with van der Waals surface area (Å²) >= 11 is 0. The highest BCUT2D eigenvalue weighted by atomic mass is 28.4. The quantitative estimate of drug-likeness (QED) is 0.579. The number of ether oxygens (including phenoxy) is 2. The molecule has 0 N–H and O–H groups in total. The van der Waals surface area contributed by atoms with Crippen LogP contribution in [0.1, 0.15) is 18.2 Å². The van der Waals surface area contributed by atoms with Crippen LogP contribution in [0.25, 0.3) is 0 Å². The minimum atomic E-state index is -3.10. The van der Waals surface area contributed by atoms with E-state index in [0.717, 1.165) is 12.2 Å². The van der Waals surface area contributed by atoms with E-state index >= 15 is 0 Å². The van der Waals surface area contributed by atoms with Crippen LogP contribution in [0, 0.1) is 0 Å². The monoisotopic (exact) mass is 339 g/mol. The van der Waals surface area contributed by atoms with Crippen LogP contribution in [-0.2, 0) is 22.9 Å². The number of esters is 2. The van der Waals surface area contributed by atoms with Crippen molar-refractivity contribution < 1.29 is 32.3 Å². The molecule has 1 aromatic rings. The van der Waals surface area contributed by atoms with Crippen molar-refractivity contribution in [1.82, 2.24) is 4.98 Å². The Hall–Kier alpha value is -2.07. The molecule has 0 aromatic carbocycles. The third kappa shape index (κ3) is 3.32. The van der Waals surface area contributed by atoms with Gasteiger partial charge in [0.05, 0.1) is 11.2 Å². The number of rotatable bonds is 5. The van der Waals surface area contributed by atoms with Gasteiger partial charge in [-0.25, -0.2) is 9.59 Å². The molecule has 23 heavy (non-hydrogen) atoms. The first-order valence-electron chi connectivity index (χ1n) is 6.73. The Labute approximate surface area is 134 Å². The third-order valence-corrected chi connectivity index (χ3v) is 6.50. The first kappa shape index (κ1) is 17.3. The van der Waals surface area contributed by atoms with E-state index in [9.17, 15) is 9.59 Å². The zero-order valence-electron chi connectivity index (χ0n) is 13.2. The van der Waals surface area contributed by atoms with Crippen LogP contribution in [0.4, 0.5) is 0 Å². The lowest BCUT2D eigenvalue weighted by Crippen LogP contribution is -2.48. The van der Waals surface area contributed by atoms with Crippen molar-refractivity contribution in [3.8, 4) is 11.5 Å². The van der Waals surface area contributed by atoms with Crippen LogP contribution in [0.2, 0.25) is 0 Å².